The van der Waals surface area contributed by atoms with Gasteiger partial charge < -0.3 is 5.32 Å². The van der Waals surface area contributed by atoms with Gasteiger partial charge in [0.25, 0.3) is 0 Å². The highest BCUT2D eigenvalue weighted by molar-refractivity contribution is 7.17. The molecule has 2 heteroatoms. The minimum Gasteiger partial charge on any atom is -0.385 e. The molecule has 0 unspecified atom stereocenters. The SMILES string of the molecule is CC(C)(C)CNc1ccc2sccc2c1. The van der Waals surface area contributed by atoms with Gasteiger partial charge in [0, 0.05) is 16.9 Å². The molecule has 0 fully saturated rings. The Morgan fingerprint density at radius 1 is 1.20 bits per heavy atom. The molecular weight excluding hydrogens is 202 g/mol. The minimum absolute atomic E-state index is 0.323. The molecule has 0 aliphatic carbocycles. The van der Waals surface area contributed by atoms with Crippen molar-refractivity contribution >= 4 is 27.1 Å². The molecule has 0 radical (unpaired) electrons. The quantitative estimate of drug-likeness (QED) is 0.791. The van der Waals surface area contributed by atoms with Crippen molar-refractivity contribution in [1.82, 2.24) is 0 Å². The number of hydrogen-bond donors (Lipinski definition) is 1. The van der Waals surface area contributed by atoms with Crippen LogP contribution in [0.1, 0.15) is 20.8 Å². The lowest BCUT2D eigenvalue weighted by molar-refractivity contribution is 0.443. The van der Waals surface area contributed by atoms with E-state index in [4.69, 9.17) is 0 Å². The van der Waals surface area contributed by atoms with Crippen molar-refractivity contribution in [2.45, 2.75) is 20.8 Å². The summed E-state index contributed by atoms with van der Waals surface area (Å²) in [5, 5.41) is 6.94. The first-order chi connectivity index (χ1) is 7.04. The van der Waals surface area contributed by atoms with Crippen LogP contribution in [0.25, 0.3) is 10.1 Å². The predicted molar refractivity (Wildman–Crippen MR) is 69.8 cm³/mol. The van der Waals surface area contributed by atoms with Crippen LogP contribution >= 0.6 is 11.3 Å². The summed E-state index contributed by atoms with van der Waals surface area (Å²) in [6, 6.07) is 8.73. The van der Waals surface area contributed by atoms with Crippen LogP contribution in [0.15, 0.2) is 29.6 Å². The van der Waals surface area contributed by atoms with Gasteiger partial charge >= 0.3 is 0 Å². The molecule has 1 aromatic carbocycles. The van der Waals surface area contributed by atoms with Gasteiger partial charge in [0.05, 0.1) is 0 Å². The number of hydrogen-bond acceptors (Lipinski definition) is 2. The summed E-state index contributed by atoms with van der Waals surface area (Å²) in [6.45, 7) is 7.72. The van der Waals surface area contributed by atoms with E-state index < -0.39 is 0 Å². The third kappa shape index (κ3) is 2.72. The lowest BCUT2D eigenvalue weighted by Gasteiger charge is -2.19. The molecule has 0 spiro atoms. The van der Waals surface area contributed by atoms with Crippen molar-refractivity contribution in [2.24, 2.45) is 5.41 Å². The largest absolute Gasteiger partial charge is 0.385 e. The summed E-state index contributed by atoms with van der Waals surface area (Å²) < 4.78 is 1.36. The molecule has 1 heterocycles. The Bertz CT molecular complexity index is 451. The van der Waals surface area contributed by atoms with Gasteiger partial charge in [0.1, 0.15) is 0 Å². The maximum Gasteiger partial charge on any atom is 0.0347 e. The van der Waals surface area contributed by atoms with Crippen molar-refractivity contribution in [3.63, 3.8) is 0 Å². The van der Waals surface area contributed by atoms with Crippen molar-refractivity contribution in [3.05, 3.63) is 29.6 Å². The molecule has 0 bridgehead atoms. The Morgan fingerprint density at radius 3 is 2.73 bits per heavy atom. The van der Waals surface area contributed by atoms with E-state index in [9.17, 15) is 0 Å². The Labute approximate surface area is 95.1 Å². The molecule has 0 aliphatic rings. The minimum atomic E-state index is 0.323. The maximum atomic E-state index is 3.47. The van der Waals surface area contributed by atoms with Crippen molar-refractivity contribution in [3.8, 4) is 0 Å². The first-order valence-corrected chi connectivity index (χ1v) is 6.14. The van der Waals surface area contributed by atoms with E-state index in [-0.39, 0.29) is 0 Å². The molecule has 15 heavy (non-hydrogen) atoms. The first kappa shape index (κ1) is 10.5. The van der Waals surface area contributed by atoms with Gasteiger partial charge in [-0.15, -0.1) is 11.3 Å². The molecule has 1 nitrogen and oxygen atoms in total. The van der Waals surface area contributed by atoms with Crippen molar-refractivity contribution in [2.75, 3.05) is 11.9 Å². The Kier molecular flexibility index (Phi) is 2.70. The van der Waals surface area contributed by atoms with Crippen LogP contribution in [0, 0.1) is 5.41 Å². The van der Waals surface area contributed by atoms with E-state index in [1.54, 1.807) is 11.3 Å². The number of fused-ring (bicyclic) bond motifs is 1. The number of benzene rings is 1. The lowest BCUT2D eigenvalue weighted by atomic mass is 9.97. The van der Waals surface area contributed by atoms with E-state index in [0.717, 1.165) is 6.54 Å². The normalized spacial score (nSPS) is 11.9. The van der Waals surface area contributed by atoms with E-state index >= 15 is 0 Å². The zero-order valence-corrected chi connectivity index (χ0v) is 10.3. The molecule has 0 aliphatic heterocycles. The molecule has 0 saturated carbocycles. The highest BCUT2D eigenvalue weighted by atomic mass is 32.1. The molecule has 80 valence electrons. The number of anilines is 1. The fourth-order valence-electron chi connectivity index (χ4n) is 1.44. The Balaban J connectivity index is 2.15. The van der Waals surface area contributed by atoms with Crippen LogP contribution in [0.3, 0.4) is 0 Å². The predicted octanol–water partition coefficient (Wildman–Crippen LogP) is 4.36. The second kappa shape index (κ2) is 3.86. The lowest BCUT2D eigenvalue weighted by Crippen LogP contribution is -2.18. The first-order valence-electron chi connectivity index (χ1n) is 5.26. The standard InChI is InChI=1S/C13H17NS/c1-13(2,3)9-14-11-4-5-12-10(8-11)6-7-15-12/h4-8,14H,9H2,1-3H3. The average Bonchev–Trinajstić information content (AvgIpc) is 2.60. The van der Waals surface area contributed by atoms with Gasteiger partial charge in [-0.1, -0.05) is 20.8 Å². The molecule has 2 aromatic rings. The summed E-state index contributed by atoms with van der Waals surface area (Å²) in [7, 11) is 0. The molecule has 0 amide bonds. The summed E-state index contributed by atoms with van der Waals surface area (Å²) in [5.41, 5.74) is 1.54. The molecule has 1 aromatic heterocycles. The van der Waals surface area contributed by atoms with Crippen molar-refractivity contribution in [1.29, 1.82) is 0 Å². The molecule has 0 atom stereocenters. The summed E-state index contributed by atoms with van der Waals surface area (Å²) in [4.78, 5) is 0. The fourth-order valence-corrected chi connectivity index (χ4v) is 2.21. The topological polar surface area (TPSA) is 12.0 Å². The van der Waals surface area contributed by atoms with Gasteiger partial charge in [0.2, 0.25) is 0 Å². The van der Waals surface area contributed by atoms with Crippen LogP contribution in [-0.2, 0) is 0 Å². The van der Waals surface area contributed by atoms with E-state index in [2.05, 4.69) is 55.7 Å². The smallest absolute Gasteiger partial charge is 0.0347 e. The molecular formula is C13H17NS. The van der Waals surface area contributed by atoms with Crippen LogP contribution < -0.4 is 5.32 Å². The van der Waals surface area contributed by atoms with Crippen LogP contribution in [0.5, 0.6) is 0 Å². The highest BCUT2D eigenvalue weighted by Crippen LogP contribution is 2.24. The van der Waals surface area contributed by atoms with Crippen LogP contribution in [-0.4, -0.2) is 6.54 Å². The van der Waals surface area contributed by atoms with E-state index in [1.165, 1.54) is 15.8 Å². The molecule has 2 rings (SSSR count). The molecule has 1 N–H and O–H groups in total. The van der Waals surface area contributed by atoms with Crippen LogP contribution in [0.4, 0.5) is 5.69 Å². The van der Waals surface area contributed by atoms with Crippen LogP contribution in [0.2, 0.25) is 0 Å². The zero-order valence-electron chi connectivity index (χ0n) is 9.50. The summed E-state index contributed by atoms with van der Waals surface area (Å²) >= 11 is 1.79. The number of rotatable bonds is 2. The monoisotopic (exact) mass is 219 g/mol. The third-order valence-corrected chi connectivity index (χ3v) is 3.17. The average molecular weight is 219 g/mol. The zero-order chi connectivity index (χ0) is 10.9. The van der Waals surface area contributed by atoms with Gasteiger partial charge in [-0.3, -0.25) is 0 Å². The van der Waals surface area contributed by atoms with Crippen molar-refractivity contribution < 1.29 is 0 Å². The summed E-state index contributed by atoms with van der Waals surface area (Å²) in [5.74, 6) is 0. The van der Waals surface area contributed by atoms with Gasteiger partial charge in [-0.05, 0) is 40.4 Å². The summed E-state index contributed by atoms with van der Waals surface area (Å²) in [6.07, 6.45) is 0. The van der Waals surface area contributed by atoms with Gasteiger partial charge in [0.15, 0.2) is 0 Å². The van der Waals surface area contributed by atoms with E-state index in [0.29, 0.717) is 5.41 Å². The fraction of sp³-hybridized carbons (Fsp3) is 0.385. The second-order valence-corrected chi connectivity index (χ2v) is 6.04. The highest BCUT2D eigenvalue weighted by Gasteiger charge is 2.09. The number of thiophene rings is 1. The molecule has 0 saturated heterocycles. The van der Waals surface area contributed by atoms with Gasteiger partial charge in [-0.2, -0.15) is 0 Å². The van der Waals surface area contributed by atoms with Gasteiger partial charge in [-0.25, -0.2) is 0 Å². The Hall–Kier alpha value is -1.02. The Morgan fingerprint density at radius 2 is 2.00 bits per heavy atom. The second-order valence-electron chi connectivity index (χ2n) is 5.09. The maximum absolute atomic E-state index is 3.47. The third-order valence-electron chi connectivity index (χ3n) is 2.28. The van der Waals surface area contributed by atoms with E-state index in [1.807, 2.05) is 0 Å². The number of nitrogens with one attached hydrogen (secondary N) is 1.